The first-order valence-corrected chi connectivity index (χ1v) is 9.87. The molecule has 1 N–H and O–H groups in total. The standard InChI is InChI=1S/C23H24FN3O2/c1-15-5-7-17(8-6-15)14-27-22(28)20(25-23(27)29)13-18-12-19(24)21(11-16(18)2)26-9-3-4-10-26/h5-8,11-13H,3-4,9-10,14H2,1-2H3,(H,25,29)/b20-13-. The summed E-state index contributed by atoms with van der Waals surface area (Å²) in [4.78, 5) is 28.3. The van der Waals surface area contributed by atoms with Gasteiger partial charge in [0.15, 0.2) is 0 Å². The molecular weight excluding hydrogens is 369 g/mol. The van der Waals surface area contributed by atoms with Crippen LogP contribution in [0.2, 0.25) is 0 Å². The topological polar surface area (TPSA) is 52.7 Å². The molecule has 0 aromatic heterocycles. The highest BCUT2D eigenvalue weighted by molar-refractivity contribution is 6.14. The van der Waals surface area contributed by atoms with Crippen LogP contribution in [0.25, 0.3) is 6.08 Å². The molecule has 2 aromatic rings. The van der Waals surface area contributed by atoms with Crippen LogP contribution in [-0.2, 0) is 11.3 Å². The second kappa shape index (κ2) is 7.70. The van der Waals surface area contributed by atoms with Gasteiger partial charge in [0.05, 0.1) is 12.2 Å². The van der Waals surface area contributed by atoms with Crippen LogP contribution >= 0.6 is 0 Å². The Kier molecular flexibility index (Phi) is 5.09. The Hall–Kier alpha value is -3.15. The van der Waals surface area contributed by atoms with Crippen molar-refractivity contribution in [1.82, 2.24) is 10.2 Å². The van der Waals surface area contributed by atoms with Crippen molar-refractivity contribution in [3.63, 3.8) is 0 Å². The van der Waals surface area contributed by atoms with E-state index in [-0.39, 0.29) is 18.1 Å². The molecule has 0 aliphatic carbocycles. The number of nitrogens with one attached hydrogen (secondary N) is 1. The van der Waals surface area contributed by atoms with E-state index in [0.29, 0.717) is 11.3 Å². The van der Waals surface area contributed by atoms with Crippen molar-refractivity contribution in [2.45, 2.75) is 33.2 Å². The second-order valence-corrected chi connectivity index (χ2v) is 7.72. The molecule has 2 saturated heterocycles. The van der Waals surface area contributed by atoms with Crippen LogP contribution in [0, 0.1) is 19.7 Å². The highest BCUT2D eigenvalue weighted by atomic mass is 19.1. The molecule has 4 rings (SSSR count). The van der Waals surface area contributed by atoms with Crippen LogP contribution in [0.15, 0.2) is 42.1 Å². The molecule has 2 heterocycles. The van der Waals surface area contributed by atoms with Gasteiger partial charge >= 0.3 is 6.03 Å². The summed E-state index contributed by atoms with van der Waals surface area (Å²) in [5, 5.41) is 2.62. The number of halogens is 1. The SMILES string of the molecule is Cc1ccc(CN2C(=O)N/C(=C\c3cc(F)c(N4CCCC4)cc3C)C2=O)cc1. The van der Waals surface area contributed by atoms with Gasteiger partial charge in [-0.1, -0.05) is 29.8 Å². The van der Waals surface area contributed by atoms with Gasteiger partial charge in [-0.2, -0.15) is 0 Å². The van der Waals surface area contributed by atoms with Crippen molar-refractivity contribution >= 4 is 23.7 Å². The average molecular weight is 393 g/mol. The van der Waals surface area contributed by atoms with Crippen molar-refractivity contribution < 1.29 is 14.0 Å². The molecule has 29 heavy (non-hydrogen) atoms. The molecule has 2 fully saturated rings. The van der Waals surface area contributed by atoms with Crippen molar-refractivity contribution in [2.75, 3.05) is 18.0 Å². The van der Waals surface area contributed by atoms with E-state index in [1.165, 1.54) is 11.0 Å². The highest BCUT2D eigenvalue weighted by Crippen LogP contribution is 2.28. The number of urea groups is 1. The summed E-state index contributed by atoms with van der Waals surface area (Å²) in [5.74, 6) is -0.711. The number of hydrogen-bond acceptors (Lipinski definition) is 3. The number of amides is 3. The van der Waals surface area contributed by atoms with E-state index >= 15 is 0 Å². The molecule has 150 valence electrons. The van der Waals surface area contributed by atoms with Crippen molar-refractivity contribution in [3.8, 4) is 0 Å². The maximum Gasteiger partial charge on any atom is 0.329 e. The van der Waals surface area contributed by atoms with Crippen LogP contribution in [0.5, 0.6) is 0 Å². The fourth-order valence-corrected chi connectivity index (χ4v) is 3.78. The molecule has 2 aliphatic heterocycles. The average Bonchev–Trinajstić information content (AvgIpc) is 3.31. The molecule has 0 unspecified atom stereocenters. The van der Waals surface area contributed by atoms with Crippen LogP contribution in [0.3, 0.4) is 0 Å². The predicted octanol–water partition coefficient (Wildman–Crippen LogP) is 4.14. The Balaban J connectivity index is 1.56. The number of anilines is 1. The monoisotopic (exact) mass is 393 g/mol. The summed E-state index contributed by atoms with van der Waals surface area (Å²) in [6.07, 6.45) is 3.70. The first-order chi connectivity index (χ1) is 13.9. The van der Waals surface area contributed by atoms with Gasteiger partial charge in [0.1, 0.15) is 11.5 Å². The lowest BCUT2D eigenvalue weighted by molar-refractivity contribution is -0.123. The van der Waals surface area contributed by atoms with Gasteiger partial charge in [0, 0.05) is 13.1 Å². The molecule has 0 spiro atoms. The number of aryl methyl sites for hydroxylation is 2. The van der Waals surface area contributed by atoms with Crippen molar-refractivity contribution in [3.05, 3.63) is 70.2 Å². The van der Waals surface area contributed by atoms with Crippen LogP contribution in [0.1, 0.15) is 35.1 Å². The molecule has 0 saturated carbocycles. The molecule has 0 radical (unpaired) electrons. The third-order valence-corrected chi connectivity index (χ3v) is 5.51. The molecule has 2 aliphatic rings. The van der Waals surface area contributed by atoms with Crippen LogP contribution in [0.4, 0.5) is 14.9 Å². The van der Waals surface area contributed by atoms with Gasteiger partial charge < -0.3 is 10.2 Å². The van der Waals surface area contributed by atoms with Gasteiger partial charge in [-0.05, 0) is 61.6 Å². The zero-order chi connectivity index (χ0) is 20.5. The molecule has 2 aromatic carbocycles. The zero-order valence-electron chi connectivity index (χ0n) is 16.7. The van der Waals surface area contributed by atoms with E-state index < -0.39 is 11.9 Å². The van der Waals surface area contributed by atoms with E-state index in [1.807, 2.05) is 49.1 Å². The Bertz CT molecular complexity index is 992. The normalized spacial score (nSPS) is 18.1. The van der Waals surface area contributed by atoms with Gasteiger partial charge in [0.25, 0.3) is 5.91 Å². The Morgan fingerprint density at radius 3 is 2.45 bits per heavy atom. The number of hydrogen-bond donors (Lipinski definition) is 1. The van der Waals surface area contributed by atoms with E-state index in [1.54, 1.807) is 6.08 Å². The first-order valence-electron chi connectivity index (χ1n) is 9.87. The van der Waals surface area contributed by atoms with Gasteiger partial charge in [0.2, 0.25) is 0 Å². The molecule has 3 amide bonds. The highest BCUT2D eigenvalue weighted by Gasteiger charge is 2.33. The van der Waals surface area contributed by atoms with E-state index in [0.717, 1.165) is 42.6 Å². The summed E-state index contributed by atoms with van der Waals surface area (Å²) in [6, 6.07) is 10.5. The summed E-state index contributed by atoms with van der Waals surface area (Å²) in [6.45, 7) is 5.79. The number of carbonyl (C=O) groups excluding carboxylic acids is 2. The second-order valence-electron chi connectivity index (χ2n) is 7.72. The summed E-state index contributed by atoms with van der Waals surface area (Å²) in [7, 11) is 0. The Labute approximate surface area is 169 Å². The van der Waals surface area contributed by atoms with Crippen LogP contribution in [-0.4, -0.2) is 29.9 Å². The Morgan fingerprint density at radius 1 is 1.07 bits per heavy atom. The van der Waals surface area contributed by atoms with Gasteiger partial charge in [-0.15, -0.1) is 0 Å². The molecule has 0 atom stereocenters. The van der Waals surface area contributed by atoms with E-state index in [4.69, 9.17) is 0 Å². The minimum Gasteiger partial charge on any atom is -0.369 e. The predicted molar refractivity (Wildman–Crippen MR) is 111 cm³/mol. The number of imide groups is 1. The van der Waals surface area contributed by atoms with Gasteiger partial charge in [-0.3, -0.25) is 9.69 Å². The maximum absolute atomic E-state index is 14.7. The lowest BCUT2D eigenvalue weighted by atomic mass is 10.1. The van der Waals surface area contributed by atoms with Gasteiger partial charge in [-0.25, -0.2) is 9.18 Å². The molecular formula is C23H24FN3O2. The summed E-state index contributed by atoms with van der Waals surface area (Å²) in [5.41, 5.74) is 4.20. The molecule has 5 nitrogen and oxygen atoms in total. The van der Waals surface area contributed by atoms with Crippen molar-refractivity contribution in [1.29, 1.82) is 0 Å². The number of benzene rings is 2. The molecule has 6 heteroatoms. The quantitative estimate of drug-likeness (QED) is 0.628. The van der Waals surface area contributed by atoms with Crippen LogP contribution < -0.4 is 10.2 Å². The Morgan fingerprint density at radius 2 is 1.76 bits per heavy atom. The lowest BCUT2D eigenvalue weighted by Crippen LogP contribution is -2.30. The molecule has 0 bridgehead atoms. The third-order valence-electron chi connectivity index (χ3n) is 5.51. The lowest BCUT2D eigenvalue weighted by Gasteiger charge is -2.19. The zero-order valence-corrected chi connectivity index (χ0v) is 16.7. The van der Waals surface area contributed by atoms with E-state index in [2.05, 4.69) is 5.32 Å². The number of rotatable bonds is 4. The minimum atomic E-state index is -0.464. The fourth-order valence-electron chi connectivity index (χ4n) is 3.78. The number of carbonyl (C=O) groups is 2. The minimum absolute atomic E-state index is 0.165. The fraction of sp³-hybridized carbons (Fsp3) is 0.304. The third kappa shape index (κ3) is 3.88. The summed E-state index contributed by atoms with van der Waals surface area (Å²) < 4.78 is 14.7. The number of nitrogens with zero attached hydrogens (tertiary/aromatic N) is 2. The first kappa shape index (κ1) is 19.2. The summed E-state index contributed by atoms with van der Waals surface area (Å²) >= 11 is 0. The maximum atomic E-state index is 14.7. The van der Waals surface area contributed by atoms with E-state index in [9.17, 15) is 14.0 Å². The smallest absolute Gasteiger partial charge is 0.329 e. The largest absolute Gasteiger partial charge is 0.369 e. The van der Waals surface area contributed by atoms with Crippen molar-refractivity contribution in [2.24, 2.45) is 0 Å².